The van der Waals surface area contributed by atoms with Gasteiger partial charge >= 0.3 is 0 Å². The molecule has 1 amide bonds. The van der Waals surface area contributed by atoms with Crippen molar-refractivity contribution in [3.8, 4) is 0 Å². The van der Waals surface area contributed by atoms with Gasteiger partial charge in [-0.3, -0.25) is 9.78 Å². The van der Waals surface area contributed by atoms with E-state index in [1.54, 1.807) is 18.6 Å². The van der Waals surface area contributed by atoms with Crippen LogP contribution in [-0.4, -0.2) is 64.0 Å². The Bertz CT molecular complexity index is 663. The molecule has 1 saturated heterocycles. The Kier molecular flexibility index (Phi) is 4.42. The number of carbonyl (C=O) groups is 1. The number of aromatic nitrogens is 4. The van der Waals surface area contributed by atoms with Crippen LogP contribution in [0.15, 0.2) is 24.8 Å². The maximum atomic E-state index is 12.1. The van der Waals surface area contributed by atoms with E-state index >= 15 is 0 Å². The first kappa shape index (κ1) is 15.3. The summed E-state index contributed by atoms with van der Waals surface area (Å²) >= 11 is 0. The molecule has 1 aliphatic heterocycles. The molecular weight excluding hydrogens is 294 g/mol. The number of piperazine rings is 1. The van der Waals surface area contributed by atoms with Crippen molar-refractivity contribution in [2.24, 2.45) is 0 Å². The van der Waals surface area contributed by atoms with Crippen LogP contribution in [0.4, 0.5) is 11.6 Å². The molecule has 1 fully saturated rings. The van der Waals surface area contributed by atoms with E-state index in [1.165, 1.54) is 6.20 Å². The first-order chi connectivity index (χ1) is 11.1. The summed E-state index contributed by atoms with van der Waals surface area (Å²) in [5.74, 6) is 0.361. The summed E-state index contributed by atoms with van der Waals surface area (Å²) in [7, 11) is 2.10. The second kappa shape index (κ2) is 6.66. The Morgan fingerprint density at radius 2 is 1.70 bits per heavy atom. The van der Waals surface area contributed by atoms with Gasteiger partial charge in [0.05, 0.1) is 30.0 Å². The van der Waals surface area contributed by atoms with Crippen LogP contribution in [-0.2, 0) is 0 Å². The van der Waals surface area contributed by atoms with E-state index in [2.05, 4.69) is 42.1 Å². The number of hydrogen-bond acceptors (Lipinski definition) is 7. The van der Waals surface area contributed by atoms with Gasteiger partial charge in [-0.05, 0) is 14.0 Å². The van der Waals surface area contributed by atoms with Crippen molar-refractivity contribution in [2.75, 3.05) is 43.4 Å². The van der Waals surface area contributed by atoms with Crippen molar-refractivity contribution in [3.63, 3.8) is 0 Å². The number of nitrogens with one attached hydrogen (secondary N) is 1. The van der Waals surface area contributed by atoms with Gasteiger partial charge in [0.1, 0.15) is 5.69 Å². The van der Waals surface area contributed by atoms with Crippen molar-refractivity contribution in [1.82, 2.24) is 24.8 Å². The fourth-order valence-electron chi connectivity index (χ4n) is 2.26. The molecule has 8 heteroatoms. The lowest BCUT2D eigenvalue weighted by molar-refractivity contribution is 0.102. The van der Waals surface area contributed by atoms with Crippen LogP contribution in [0, 0.1) is 6.92 Å². The molecule has 120 valence electrons. The van der Waals surface area contributed by atoms with Gasteiger partial charge in [-0.2, -0.15) is 0 Å². The molecule has 1 aliphatic rings. The van der Waals surface area contributed by atoms with E-state index in [4.69, 9.17) is 0 Å². The quantitative estimate of drug-likeness (QED) is 0.887. The van der Waals surface area contributed by atoms with Crippen LogP contribution < -0.4 is 10.2 Å². The molecule has 0 bridgehead atoms. The van der Waals surface area contributed by atoms with Crippen molar-refractivity contribution >= 4 is 17.5 Å². The Balaban J connectivity index is 1.63. The lowest BCUT2D eigenvalue weighted by atomic mass is 10.3. The SMILES string of the molecule is Cc1cnc(C(=O)Nc2cnc(N3CCN(C)CC3)nc2)cn1. The highest BCUT2D eigenvalue weighted by Crippen LogP contribution is 2.12. The second-order valence-electron chi connectivity index (χ2n) is 5.56. The van der Waals surface area contributed by atoms with E-state index in [-0.39, 0.29) is 11.6 Å². The Morgan fingerprint density at radius 3 is 2.30 bits per heavy atom. The molecule has 8 nitrogen and oxygen atoms in total. The van der Waals surface area contributed by atoms with Gasteiger partial charge in [0.2, 0.25) is 5.95 Å². The van der Waals surface area contributed by atoms with Crippen LogP contribution in [0.1, 0.15) is 16.2 Å². The van der Waals surface area contributed by atoms with Gasteiger partial charge in [-0.15, -0.1) is 0 Å². The van der Waals surface area contributed by atoms with E-state index in [0.717, 1.165) is 31.9 Å². The van der Waals surface area contributed by atoms with Gasteiger partial charge in [-0.25, -0.2) is 15.0 Å². The first-order valence-corrected chi connectivity index (χ1v) is 7.47. The van der Waals surface area contributed by atoms with Crippen molar-refractivity contribution in [2.45, 2.75) is 6.92 Å². The highest BCUT2D eigenvalue weighted by molar-refractivity contribution is 6.02. The summed E-state index contributed by atoms with van der Waals surface area (Å²) in [6, 6.07) is 0. The molecule has 2 aromatic heterocycles. The molecule has 0 atom stereocenters. The average Bonchev–Trinajstić information content (AvgIpc) is 2.57. The normalized spacial score (nSPS) is 15.5. The fourth-order valence-corrected chi connectivity index (χ4v) is 2.26. The molecule has 2 aromatic rings. The van der Waals surface area contributed by atoms with Crippen LogP contribution in [0.5, 0.6) is 0 Å². The Labute approximate surface area is 134 Å². The molecule has 0 saturated carbocycles. The zero-order valence-electron chi connectivity index (χ0n) is 13.2. The average molecular weight is 313 g/mol. The number of anilines is 2. The predicted molar refractivity (Wildman–Crippen MR) is 86.5 cm³/mol. The lowest BCUT2D eigenvalue weighted by Crippen LogP contribution is -2.45. The van der Waals surface area contributed by atoms with Crippen LogP contribution in [0.3, 0.4) is 0 Å². The minimum Gasteiger partial charge on any atom is -0.338 e. The van der Waals surface area contributed by atoms with Crippen molar-refractivity contribution in [3.05, 3.63) is 36.2 Å². The second-order valence-corrected chi connectivity index (χ2v) is 5.56. The van der Waals surface area contributed by atoms with Gasteiger partial charge in [0.15, 0.2) is 0 Å². The van der Waals surface area contributed by atoms with Gasteiger partial charge < -0.3 is 15.1 Å². The minimum atomic E-state index is -0.326. The van der Waals surface area contributed by atoms with Gasteiger partial charge in [0.25, 0.3) is 5.91 Å². The maximum Gasteiger partial charge on any atom is 0.275 e. The minimum absolute atomic E-state index is 0.263. The molecule has 0 radical (unpaired) electrons. The number of carbonyl (C=O) groups excluding carboxylic acids is 1. The van der Waals surface area contributed by atoms with Gasteiger partial charge in [-0.1, -0.05) is 0 Å². The molecule has 1 N–H and O–H groups in total. The smallest absolute Gasteiger partial charge is 0.275 e. The largest absolute Gasteiger partial charge is 0.338 e. The van der Waals surface area contributed by atoms with E-state index in [0.29, 0.717) is 11.6 Å². The summed E-state index contributed by atoms with van der Waals surface area (Å²) in [4.78, 5) is 33.2. The van der Waals surface area contributed by atoms with Crippen LogP contribution in [0.25, 0.3) is 0 Å². The summed E-state index contributed by atoms with van der Waals surface area (Å²) in [5.41, 5.74) is 1.57. The summed E-state index contributed by atoms with van der Waals surface area (Å²) < 4.78 is 0. The van der Waals surface area contributed by atoms with E-state index in [1.807, 2.05) is 6.92 Å². The zero-order chi connectivity index (χ0) is 16.2. The molecule has 0 spiro atoms. The predicted octanol–water partition coefficient (Wildman–Crippen LogP) is 0.579. The standard InChI is InChI=1S/C15H19N7O/c1-11-7-17-13(10-16-11)14(23)20-12-8-18-15(19-9-12)22-5-3-21(2)4-6-22/h7-10H,3-6H2,1-2H3,(H,20,23). The van der Waals surface area contributed by atoms with Crippen LogP contribution in [0.2, 0.25) is 0 Å². The summed E-state index contributed by atoms with van der Waals surface area (Å²) in [6.45, 7) is 5.61. The number of aryl methyl sites for hydroxylation is 1. The number of hydrogen-bond donors (Lipinski definition) is 1. The zero-order valence-corrected chi connectivity index (χ0v) is 13.2. The molecule has 0 aromatic carbocycles. The third kappa shape index (κ3) is 3.78. The van der Waals surface area contributed by atoms with E-state index < -0.39 is 0 Å². The molecule has 0 unspecified atom stereocenters. The molecule has 3 rings (SSSR count). The maximum absolute atomic E-state index is 12.1. The molecule has 0 aliphatic carbocycles. The Morgan fingerprint density at radius 1 is 1.00 bits per heavy atom. The van der Waals surface area contributed by atoms with Crippen molar-refractivity contribution < 1.29 is 4.79 Å². The summed E-state index contributed by atoms with van der Waals surface area (Å²) in [5, 5.41) is 2.72. The highest BCUT2D eigenvalue weighted by atomic mass is 16.1. The monoisotopic (exact) mass is 313 g/mol. The third-order valence-electron chi connectivity index (χ3n) is 3.70. The molecule has 3 heterocycles. The topological polar surface area (TPSA) is 87.1 Å². The number of rotatable bonds is 3. The lowest BCUT2D eigenvalue weighted by Gasteiger charge is -2.32. The third-order valence-corrected chi connectivity index (χ3v) is 3.70. The molecular formula is C15H19N7O. The van der Waals surface area contributed by atoms with E-state index in [9.17, 15) is 4.79 Å². The summed E-state index contributed by atoms with van der Waals surface area (Å²) in [6.07, 6.45) is 6.23. The fraction of sp³-hybridized carbons (Fsp3) is 0.400. The number of likely N-dealkylation sites (N-methyl/N-ethyl adjacent to an activating group) is 1. The van der Waals surface area contributed by atoms with Crippen molar-refractivity contribution in [1.29, 1.82) is 0 Å². The van der Waals surface area contributed by atoms with Gasteiger partial charge in [0, 0.05) is 32.4 Å². The molecule has 23 heavy (non-hydrogen) atoms. The number of nitrogens with zero attached hydrogens (tertiary/aromatic N) is 6. The Hall–Kier alpha value is -2.61. The number of amides is 1. The first-order valence-electron chi connectivity index (χ1n) is 7.47. The highest BCUT2D eigenvalue weighted by Gasteiger charge is 2.16. The van der Waals surface area contributed by atoms with Crippen LogP contribution >= 0.6 is 0 Å².